The minimum atomic E-state index is -1.26. The quantitative estimate of drug-likeness (QED) is 0.417. The fraction of sp³-hybridized carbons (Fsp3) is 0.217. The Morgan fingerprint density at radius 1 is 1.18 bits per heavy atom. The Bertz CT molecular complexity index is 1190. The van der Waals surface area contributed by atoms with Crippen molar-refractivity contribution in [2.45, 2.75) is 5.92 Å². The minimum Gasteiger partial charge on any atom is -0.497 e. The van der Waals surface area contributed by atoms with Crippen LogP contribution in [0.25, 0.3) is 0 Å². The van der Waals surface area contributed by atoms with Crippen LogP contribution in [0.3, 0.4) is 0 Å². The minimum absolute atomic E-state index is 0.127. The van der Waals surface area contributed by atoms with Gasteiger partial charge in [0.15, 0.2) is 0 Å². The summed E-state index contributed by atoms with van der Waals surface area (Å²) in [5, 5.41) is 16.1. The molecule has 2 amide bonds. The van der Waals surface area contributed by atoms with E-state index in [2.05, 4.69) is 16.7 Å². The Labute approximate surface area is 210 Å². The van der Waals surface area contributed by atoms with E-state index < -0.39 is 29.6 Å². The summed E-state index contributed by atoms with van der Waals surface area (Å²) in [6.45, 7) is 0. The van der Waals surface area contributed by atoms with E-state index in [4.69, 9.17) is 32.7 Å². The topological polar surface area (TPSA) is 118 Å². The van der Waals surface area contributed by atoms with Crippen LogP contribution in [-0.4, -0.2) is 37.8 Å². The zero-order valence-corrected chi connectivity index (χ0v) is 20.4. The van der Waals surface area contributed by atoms with E-state index in [1.165, 1.54) is 20.3 Å². The molecule has 0 unspecified atom stereocenters. The van der Waals surface area contributed by atoms with Gasteiger partial charge in [0.25, 0.3) is 0 Å². The fourth-order valence-corrected chi connectivity index (χ4v) is 4.71. The molecule has 34 heavy (non-hydrogen) atoms. The third-order valence-electron chi connectivity index (χ3n) is 5.01. The molecule has 0 aromatic heterocycles. The van der Waals surface area contributed by atoms with Crippen LogP contribution in [-0.2, 0) is 19.1 Å². The number of esters is 1. The van der Waals surface area contributed by atoms with Gasteiger partial charge in [0, 0.05) is 10.9 Å². The number of benzene rings is 2. The van der Waals surface area contributed by atoms with Crippen molar-refractivity contribution in [1.82, 2.24) is 5.32 Å². The SMILES string of the molecule is COC(=O)[C@H]1C(=O)NC(SCC(=O)Nc2ccc(Cl)cc2Cl)=C(C#N)[C@H]1c1ccc(OC)cc1. The molecule has 2 aromatic rings. The second-order valence-corrected chi connectivity index (χ2v) is 8.89. The van der Waals surface area contributed by atoms with Gasteiger partial charge in [-0.15, -0.1) is 0 Å². The Hall–Kier alpha value is -3.19. The largest absolute Gasteiger partial charge is 0.497 e. The first-order valence-corrected chi connectivity index (χ1v) is 11.6. The van der Waals surface area contributed by atoms with Crippen molar-refractivity contribution in [1.29, 1.82) is 5.26 Å². The van der Waals surface area contributed by atoms with Crippen LogP contribution in [0.5, 0.6) is 5.75 Å². The van der Waals surface area contributed by atoms with Crippen molar-refractivity contribution in [3.8, 4) is 11.8 Å². The average Bonchev–Trinajstić information content (AvgIpc) is 2.83. The van der Waals surface area contributed by atoms with E-state index in [0.29, 0.717) is 22.0 Å². The molecule has 8 nitrogen and oxygen atoms in total. The number of anilines is 1. The maximum atomic E-state index is 12.9. The molecule has 2 N–H and O–H groups in total. The Morgan fingerprint density at radius 3 is 2.47 bits per heavy atom. The molecule has 2 atom stereocenters. The second kappa shape index (κ2) is 11.3. The number of carbonyl (C=O) groups excluding carboxylic acids is 3. The van der Waals surface area contributed by atoms with Gasteiger partial charge in [-0.2, -0.15) is 5.26 Å². The maximum absolute atomic E-state index is 12.9. The molecule has 1 aliphatic rings. The van der Waals surface area contributed by atoms with Crippen molar-refractivity contribution in [3.05, 3.63) is 68.7 Å². The monoisotopic (exact) mass is 519 g/mol. The van der Waals surface area contributed by atoms with E-state index in [1.807, 2.05) is 0 Å². The van der Waals surface area contributed by atoms with Crippen LogP contribution in [0.2, 0.25) is 10.0 Å². The van der Waals surface area contributed by atoms with Gasteiger partial charge in [-0.05, 0) is 35.9 Å². The lowest BCUT2D eigenvalue weighted by molar-refractivity contribution is -0.150. The van der Waals surface area contributed by atoms with Crippen molar-refractivity contribution < 1.29 is 23.9 Å². The van der Waals surface area contributed by atoms with Crippen LogP contribution in [0, 0.1) is 17.2 Å². The molecule has 0 saturated carbocycles. The smallest absolute Gasteiger partial charge is 0.319 e. The van der Waals surface area contributed by atoms with Crippen molar-refractivity contribution >= 4 is 58.4 Å². The summed E-state index contributed by atoms with van der Waals surface area (Å²) < 4.78 is 9.98. The molecule has 0 aliphatic carbocycles. The molecule has 0 saturated heterocycles. The van der Waals surface area contributed by atoms with Crippen LogP contribution < -0.4 is 15.4 Å². The molecule has 0 bridgehead atoms. The first-order valence-electron chi connectivity index (χ1n) is 9.83. The number of amides is 2. The summed E-state index contributed by atoms with van der Waals surface area (Å²) in [6.07, 6.45) is 0. The maximum Gasteiger partial charge on any atom is 0.319 e. The summed E-state index contributed by atoms with van der Waals surface area (Å²) in [6, 6.07) is 13.4. The molecule has 1 heterocycles. The number of rotatable bonds is 7. The van der Waals surface area contributed by atoms with Crippen molar-refractivity contribution in [3.63, 3.8) is 0 Å². The highest BCUT2D eigenvalue weighted by molar-refractivity contribution is 8.03. The first-order chi connectivity index (χ1) is 16.3. The van der Waals surface area contributed by atoms with Crippen LogP contribution in [0.15, 0.2) is 53.1 Å². The van der Waals surface area contributed by atoms with Gasteiger partial charge in [-0.3, -0.25) is 14.4 Å². The Kier molecular flexibility index (Phi) is 8.45. The highest BCUT2D eigenvalue weighted by Gasteiger charge is 2.44. The first kappa shape index (κ1) is 25.4. The highest BCUT2D eigenvalue weighted by Crippen LogP contribution is 2.40. The lowest BCUT2D eigenvalue weighted by Gasteiger charge is -2.31. The number of thioether (sulfide) groups is 1. The number of ether oxygens (including phenoxy) is 2. The van der Waals surface area contributed by atoms with Gasteiger partial charge in [0.1, 0.15) is 11.7 Å². The van der Waals surface area contributed by atoms with Gasteiger partial charge in [0.2, 0.25) is 11.8 Å². The number of carbonyl (C=O) groups is 3. The molecule has 11 heteroatoms. The number of nitriles is 1. The van der Waals surface area contributed by atoms with Crippen molar-refractivity contribution in [2.75, 3.05) is 25.3 Å². The third-order valence-corrected chi connectivity index (χ3v) is 6.58. The zero-order chi connectivity index (χ0) is 24.8. The summed E-state index contributed by atoms with van der Waals surface area (Å²) >= 11 is 12.9. The van der Waals surface area contributed by atoms with Crippen molar-refractivity contribution in [2.24, 2.45) is 5.92 Å². The van der Waals surface area contributed by atoms with Gasteiger partial charge in [-0.1, -0.05) is 47.1 Å². The normalized spacial score (nSPS) is 17.4. The predicted octanol–water partition coefficient (Wildman–Crippen LogP) is 4.11. The number of nitrogens with one attached hydrogen (secondary N) is 2. The van der Waals surface area contributed by atoms with Gasteiger partial charge < -0.3 is 20.1 Å². The third kappa shape index (κ3) is 5.65. The summed E-state index contributed by atoms with van der Waals surface area (Å²) in [5.74, 6) is -3.52. The molecule has 2 aromatic carbocycles. The molecule has 0 radical (unpaired) electrons. The molecule has 0 fully saturated rings. The number of halogens is 2. The standard InChI is InChI=1S/C23H19Cl2N3O5S/c1-32-14-6-3-12(4-7-14)19-15(10-26)22(28-21(30)20(19)23(31)33-2)34-11-18(29)27-17-8-5-13(24)9-16(17)25/h3-9,19-20H,11H2,1-2H3,(H,27,29)(H,28,30)/t19-,20-/m1/s1. The van der Waals surface area contributed by atoms with E-state index >= 15 is 0 Å². The Morgan fingerprint density at radius 2 is 1.88 bits per heavy atom. The zero-order valence-electron chi connectivity index (χ0n) is 18.1. The van der Waals surface area contributed by atoms with Gasteiger partial charge in [0.05, 0.1) is 47.4 Å². The van der Waals surface area contributed by atoms with Crippen LogP contribution in [0.1, 0.15) is 11.5 Å². The molecule has 3 rings (SSSR count). The van der Waals surface area contributed by atoms with Crippen LogP contribution in [0.4, 0.5) is 5.69 Å². The highest BCUT2D eigenvalue weighted by atomic mass is 35.5. The predicted molar refractivity (Wildman–Crippen MR) is 130 cm³/mol. The fourth-order valence-electron chi connectivity index (χ4n) is 3.41. The number of hydrogen-bond acceptors (Lipinski definition) is 7. The van der Waals surface area contributed by atoms with E-state index in [-0.39, 0.29) is 21.4 Å². The van der Waals surface area contributed by atoms with Crippen LogP contribution >= 0.6 is 35.0 Å². The summed E-state index contributed by atoms with van der Waals surface area (Å²) in [4.78, 5) is 37.8. The number of methoxy groups -OCH3 is 2. The average molecular weight is 520 g/mol. The lowest BCUT2D eigenvalue weighted by Crippen LogP contribution is -2.44. The molecular formula is C23H19Cl2N3O5S. The number of nitrogens with zero attached hydrogens (tertiary/aromatic N) is 1. The molecule has 176 valence electrons. The second-order valence-electron chi connectivity index (χ2n) is 7.06. The number of hydrogen-bond donors (Lipinski definition) is 2. The molecular weight excluding hydrogens is 501 g/mol. The van der Waals surface area contributed by atoms with E-state index in [1.54, 1.807) is 36.4 Å². The summed E-state index contributed by atoms with van der Waals surface area (Å²) in [7, 11) is 2.69. The van der Waals surface area contributed by atoms with Gasteiger partial charge >= 0.3 is 5.97 Å². The Balaban J connectivity index is 1.89. The summed E-state index contributed by atoms with van der Waals surface area (Å²) in [5.41, 5.74) is 1.07. The number of allylic oxidation sites excluding steroid dienone is 1. The van der Waals surface area contributed by atoms with E-state index in [0.717, 1.165) is 11.8 Å². The molecule has 0 spiro atoms. The lowest BCUT2D eigenvalue weighted by atomic mass is 9.78. The van der Waals surface area contributed by atoms with E-state index in [9.17, 15) is 19.6 Å². The molecule has 1 aliphatic heterocycles. The van der Waals surface area contributed by atoms with Gasteiger partial charge in [-0.25, -0.2) is 0 Å².